The molecule has 1 fully saturated rings. The summed E-state index contributed by atoms with van der Waals surface area (Å²) in [7, 11) is 0. The van der Waals surface area contributed by atoms with E-state index in [0.29, 0.717) is 12.8 Å². The van der Waals surface area contributed by atoms with Crippen LogP contribution in [0.15, 0.2) is 0 Å². The third-order valence-electron chi connectivity index (χ3n) is 4.80. The zero-order valence-electron chi connectivity index (χ0n) is 15.9. The van der Waals surface area contributed by atoms with Gasteiger partial charge in [0.2, 0.25) is 5.91 Å². The molecule has 5 nitrogen and oxygen atoms in total. The fraction of sp³-hybridized carbons (Fsp3) is 0.895. The number of amides is 1. The van der Waals surface area contributed by atoms with E-state index in [2.05, 4.69) is 23.1 Å². The highest BCUT2D eigenvalue weighted by Crippen LogP contribution is 2.24. The Labute approximate surface area is 147 Å². The maximum Gasteiger partial charge on any atom is 0.223 e. The van der Waals surface area contributed by atoms with Crippen molar-refractivity contribution in [3.05, 3.63) is 0 Å². The van der Waals surface area contributed by atoms with Gasteiger partial charge < -0.3 is 5.32 Å². The van der Waals surface area contributed by atoms with Crippen LogP contribution in [-0.2, 0) is 9.59 Å². The predicted molar refractivity (Wildman–Crippen MR) is 98.4 cm³/mol. The molecule has 0 aromatic rings. The number of ketones is 1. The van der Waals surface area contributed by atoms with E-state index in [1.165, 1.54) is 44.9 Å². The van der Waals surface area contributed by atoms with E-state index in [0.717, 1.165) is 19.3 Å². The van der Waals surface area contributed by atoms with Gasteiger partial charge in [-0.1, -0.05) is 71.6 Å². The molecule has 1 amide bonds. The monoisotopic (exact) mass is 339 g/mol. The highest BCUT2D eigenvalue weighted by molar-refractivity contribution is 5.87. The molecule has 0 aromatic heterocycles. The largest absolute Gasteiger partial charge is 0.346 e. The molecule has 0 bridgehead atoms. The second-order valence-electron chi connectivity index (χ2n) is 7.25. The minimum Gasteiger partial charge on any atom is -0.346 e. The Hall–Kier alpha value is -0.940. The summed E-state index contributed by atoms with van der Waals surface area (Å²) in [5.41, 5.74) is 6.04. The second-order valence-corrected chi connectivity index (χ2v) is 7.25. The third-order valence-corrected chi connectivity index (χ3v) is 4.80. The predicted octanol–water partition coefficient (Wildman–Crippen LogP) is 3.59. The Morgan fingerprint density at radius 1 is 0.917 bits per heavy atom. The number of nitrogens with one attached hydrogen (secondary N) is 3. The van der Waals surface area contributed by atoms with Crippen LogP contribution < -0.4 is 16.2 Å². The van der Waals surface area contributed by atoms with Gasteiger partial charge in [0.1, 0.15) is 5.66 Å². The Balaban J connectivity index is 2.15. The van der Waals surface area contributed by atoms with Crippen LogP contribution >= 0.6 is 0 Å². The smallest absolute Gasteiger partial charge is 0.223 e. The van der Waals surface area contributed by atoms with Crippen molar-refractivity contribution < 1.29 is 9.59 Å². The lowest BCUT2D eigenvalue weighted by atomic mass is 10.00. The Morgan fingerprint density at radius 3 is 2.00 bits per heavy atom. The van der Waals surface area contributed by atoms with Crippen molar-refractivity contribution in [3.8, 4) is 0 Å². The molecular formula is C19H37N3O2. The van der Waals surface area contributed by atoms with Gasteiger partial charge in [-0.15, -0.1) is 0 Å². The van der Waals surface area contributed by atoms with Crippen LogP contribution in [-0.4, -0.2) is 23.4 Å². The maximum absolute atomic E-state index is 12.2. The molecule has 1 unspecified atom stereocenters. The normalized spacial score (nSPS) is 16.6. The molecule has 5 heteroatoms. The Kier molecular flexibility index (Phi) is 10.2. The highest BCUT2D eigenvalue weighted by atomic mass is 16.2. The summed E-state index contributed by atoms with van der Waals surface area (Å²) in [6, 6.07) is -0.332. The topological polar surface area (TPSA) is 90.0 Å². The van der Waals surface area contributed by atoms with E-state index in [-0.39, 0.29) is 23.4 Å². The lowest BCUT2D eigenvalue weighted by Gasteiger charge is -2.17. The Morgan fingerprint density at radius 2 is 1.50 bits per heavy atom. The van der Waals surface area contributed by atoms with Crippen LogP contribution in [0.25, 0.3) is 0 Å². The molecule has 0 spiro atoms. The summed E-state index contributed by atoms with van der Waals surface area (Å²) in [5, 5.41) is 2.88. The molecule has 1 saturated heterocycles. The minimum absolute atomic E-state index is 0.0408. The maximum atomic E-state index is 12.2. The van der Waals surface area contributed by atoms with E-state index in [1.807, 2.05) is 6.92 Å². The average molecular weight is 340 g/mol. The average Bonchev–Trinajstić information content (AvgIpc) is 3.29. The van der Waals surface area contributed by atoms with E-state index in [9.17, 15) is 9.59 Å². The summed E-state index contributed by atoms with van der Waals surface area (Å²) < 4.78 is 0. The van der Waals surface area contributed by atoms with Crippen LogP contribution in [0.5, 0.6) is 0 Å². The Bertz CT molecular complexity index is 381. The van der Waals surface area contributed by atoms with Crippen molar-refractivity contribution in [3.63, 3.8) is 0 Å². The van der Waals surface area contributed by atoms with Crippen LogP contribution in [0.1, 0.15) is 97.8 Å². The van der Waals surface area contributed by atoms with Crippen molar-refractivity contribution in [2.75, 3.05) is 0 Å². The molecule has 0 saturated carbocycles. The molecule has 0 aliphatic carbocycles. The minimum atomic E-state index is -0.332. The van der Waals surface area contributed by atoms with Crippen molar-refractivity contribution in [2.45, 2.75) is 110 Å². The first-order valence-electron chi connectivity index (χ1n) is 9.87. The third kappa shape index (κ3) is 8.78. The summed E-state index contributed by atoms with van der Waals surface area (Å²) in [6.07, 6.45) is 13.3. The van der Waals surface area contributed by atoms with Crippen molar-refractivity contribution in [2.24, 2.45) is 0 Å². The first-order chi connectivity index (χ1) is 11.5. The van der Waals surface area contributed by atoms with E-state index in [4.69, 9.17) is 0 Å². The highest BCUT2D eigenvalue weighted by Gasteiger charge is 2.43. The number of carbonyl (C=O) groups excluding carboxylic acids is 2. The SMILES string of the molecule is CCCCCCCCCCC1(CC(=O)NC(CCC)C(C)=O)NN1. The molecule has 1 heterocycles. The molecule has 1 atom stereocenters. The van der Waals surface area contributed by atoms with Crippen molar-refractivity contribution in [1.29, 1.82) is 0 Å². The summed E-state index contributed by atoms with van der Waals surface area (Å²) >= 11 is 0. The van der Waals surface area contributed by atoms with Crippen LogP contribution in [0.4, 0.5) is 0 Å². The van der Waals surface area contributed by atoms with Gasteiger partial charge in [0.15, 0.2) is 5.78 Å². The van der Waals surface area contributed by atoms with Gasteiger partial charge in [-0.3, -0.25) is 9.59 Å². The van der Waals surface area contributed by atoms with Crippen LogP contribution in [0.3, 0.4) is 0 Å². The fourth-order valence-corrected chi connectivity index (χ4v) is 3.14. The van der Waals surface area contributed by atoms with Crippen LogP contribution in [0.2, 0.25) is 0 Å². The number of unbranched alkanes of at least 4 members (excludes halogenated alkanes) is 7. The molecule has 0 radical (unpaired) electrons. The zero-order valence-corrected chi connectivity index (χ0v) is 15.9. The van der Waals surface area contributed by atoms with Crippen LogP contribution in [0, 0.1) is 0 Å². The molecule has 1 aliphatic rings. The lowest BCUT2D eigenvalue weighted by molar-refractivity contribution is -0.127. The summed E-state index contributed by atoms with van der Waals surface area (Å²) in [6.45, 7) is 5.81. The number of hydrogen-bond donors (Lipinski definition) is 3. The van der Waals surface area contributed by atoms with Gasteiger partial charge >= 0.3 is 0 Å². The zero-order chi connectivity index (χ0) is 17.8. The van der Waals surface area contributed by atoms with Gasteiger partial charge in [-0.2, -0.15) is 0 Å². The van der Waals surface area contributed by atoms with Gasteiger partial charge in [-0.05, 0) is 19.8 Å². The molecule has 3 N–H and O–H groups in total. The van der Waals surface area contributed by atoms with E-state index < -0.39 is 0 Å². The number of hydrazine groups is 1. The van der Waals surface area contributed by atoms with Gasteiger partial charge in [0, 0.05) is 0 Å². The number of carbonyl (C=O) groups is 2. The van der Waals surface area contributed by atoms with Crippen molar-refractivity contribution >= 4 is 11.7 Å². The fourth-order valence-electron chi connectivity index (χ4n) is 3.14. The lowest BCUT2D eigenvalue weighted by Crippen LogP contribution is -2.42. The molecule has 140 valence electrons. The molecule has 0 aromatic carbocycles. The number of rotatable bonds is 15. The van der Waals surface area contributed by atoms with Gasteiger partial charge in [0.25, 0.3) is 0 Å². The molecular weight excluding hydrogens is 302 g/mol. The van der Waals surface area contributed by atoms with Crippen molar-refractivity contribution in [1.82, 2.24) is 16.2 Å². The standard InChI is InChI=1S/C19H37N3O2/c1-4-6-7-8-9-10-11-12-14-19(21-22-19)15-18(24)20-17(13-5-2)16(3)23/h17,21-22H,4-15H2,1-3H3,(H,20,24). The van der Waals surface area contributed by atoms with E-state index >= 15 is 0 Å². The first kappa shape index (κ1) is 21.1. The summed E-state index contributed by atoms with van der Waals surface area (Å²) in [4.78, 5) is 23.7. The number of hydrogen-bond acceptors (Lipinski definition) is 4. The summed E-state index contributed by atoms with van der Waals surface area (Å²) in [5.74, 6) is -0.000228. The van der Waals surface area contributed by atoms with Gasteiger partial charge in [0.05, 0.1) is 12.5 Å². The van der Waals surface area contributed by atoms with Gasteiger partial charge in [-0.25, -0.2) is 10.9 Å². The second kappa shape index (κ2) is 11.6. The number of Topliss-reactive ketones (excluding diaryl/α,β-unsaturated/α-hetero) is 1. The van der Waals surface area contributed by atoms with E-state index in [1.54, 1.807) is 6.92 Å². The first-order valence-corrected chi connectivity index (χ1v) is 9.87. The molecule has 1 aliphatic heterocycles. The molecule has 24 heavy (non-hydrogen) atoms. The quantitative estimate of drug-likeness (QED) is 0.314. The molecule has 1 rings (SSSR count).